The summed E-state index contributed by atoms with van der Waals surface area (Å²) in [7, 11) is 0. The van der Waals surface area contributed by atoms with Crippen LogP contribution in [0.1, 0.15) is 49.9 Å². The fourth-order valence-corrected chi connectivity index (χ4v) is 11.0. The molecule has 1 aromatic heterocycles. The fraction of sp³-hybridized carbons (Fsp3) is 0.120. The molecule has 51 heavy (non-hydrogen) atoms. The summed E-state index contributed by atoms with van der Waals surface area (Å²) in [5, 5.41) is 7.90. The van der Waals surface area contributed by atoms with Crippen molar-refractivity contribution < 1.29 is 0 Å². The zero-order valence-corrected chi connectivity index (χ0v) is 30.1. The van der Waals surface area contributed by atoms with Crippen LogP contribution in [0.4, 0.5) is 0 Å². The molecule has 2 aliphatic carbocycles. The minimum absolute atomic E-state index is 0.123. The van der Waals surface area contributed by atoms with Gasteiger partial charge in [0, 0.05) is 31.0 Å². The molecule has 0 spiro atoms. The van der Waals surface area contributed by atoms with Crippen molar-refractivity contribution in [3.63, 3.8) is 0 Å². The predicted molar refractivity (Wildman–Crippen MR) is 220 cm³/mol. The van der Waals surface area contributed by atoms with E-state index in [0.29, 0.717) is 0 Å². The molecular weight excluding hydrogens is 633 g/mol. The van der Waals surface area contributed by atoms with Crippen LogP contribution >= 0.6 is 11.3 Å². The van der Waals surface area contributed by atoms with Gasteiger partial charge in [-0.3, -0.25) is 0 Å². The summed E-state index contributed by atoms with van der Waals surface area (Å²) in [4.78, 5) is 0. The fourth-order valence-electron chi connectivity index (χ4n) is 9.95. The van der Waals surface area contributed by atoms with Crippen molar-refractivity contribution in [3.05, 3.63) is 168 Å². The Morgan fingerprint density at radius 3 is 1.57 bits per heavy atom. The van der Waals surface area contributed by atoms with Gasteiger partial charge < -0.3 is 0 Å². The van der Waals surface area contributed by atoms with Crippen molar-refractivity contribution in [3.8, 4) is 44.5 Å². The molecule has 0 saturated carbocycles. The molecule has 0 N–H and O–H groups in total. The van der Waals surface area contributed by atoms with Crippen LogP contribution in [-0.2, 0) is 10.8 Å². The second kappa shape index (κ2) is 10.1. The molecule has 0 amide bonds. The maximum Gasteiger partial charge on any atom is 0.0355 e. The van der Waals surface area contributed by atoms with Crippen LogP contribution in [0.25, 0.3) is 86.2 Å². The first kappa shape index (κ1) is 29.3. The monoisotopic (exact) mass is 668 g/mol. The average Bonchev–Trinajstić information content (AvgIpc) is 3.73. The van der Waals surface area contributed by atoms with Gasteiger partial charge in [0.1, 0.15) is 0 Å². The molecule has 0 unspecified atom stereocenters. The number of benzene rings is 8. The molecule has 8 aromatic carbocycles. The third-order valence-corrected chi connectivity index (χ3v) is 13.4. The number of hydrogen-bond acceptors (Lipinski definition) is 1. The van der Waals surface area contributed by atoms with Crippen LogP contribution in [0.15, 0.2) is 146 Å². The number of fused-ring (bicyclic) bond motifs is 11. The molecule has 0 nitrogen and oxygen atoms in total. The largest absolute Gasteiger partial charge is 0.135 e. The third-order valence-electron chi connectivity index (χ3n) is 12.2. The molecule has 0 saturated heterocycles. The highest BCUT2D eigenvalue weighted by Gasteiger charge is 2.45. The van der Waals surface area contributed by atoms with E-state index in [4.69, 9.17) is 0 Å². The molecular formula is C50H36S. The first-order valence-electron chi connectivity index (χ1n) is 18.1. The summed E-state index contributed by atoms with van der Waals surface area (Å²) >= 11 is 1.88. The molecule has 0 fully saturated rings. The van der Waals surface area contributed by atoms with Gasteiger partial charge in [0.05, 0.1) is 0 Å². The highest BCUT2D eigenvalue weighted by molar-refractivity contribution is 7.25. The minimum Gasteiger partial charge on any atom is -0.135 e. The SMILES string of the molecule is CC1(C)c2ccccc2-c2c1cc1c(c2-c2c3ccccc3c(-c3ccc4sc5ccccc5c4c3)c3ccccc23)C(C)(C)c2ccccc2-1. The Hall–Kier alpha value is -5.50. The molecule has 9 aromatic rings. The van der Waals surface area contributed by atoms with Crippen molar-refractivity contribution in [2.24, 2.45) is 0 Å². The van der Waals surface area contributed by atoms with Gasteiger partial charge in [-0.1, -0.05) is 149 Å². The lowest BCUT2D eigenvalue weighted by Crippen LogP contribution is -2.18. The Labute approximate surface area is 302 Å². The van der Waals surface area contributed by atoms with E-state index in [1.54, 1.807) is 0 Å². The first-order chi connectivity index (χ1) is 24.8. The summed E-state index contributed by atoms with van der Waals surface area (Å²) < 4.78 is 2.68. The van der Waals surface area contributed by atoms with Crippen LogP contribution in [-0.4, -0.2) is 0 Å². The summed E-state index contributed by atoms with van der Waals surface area (Å²) in [5.74, 6) is 0. The van der Waals surface area contributed by atoms with Crippen LogP contribution < -0.4 is 0 Å². The topological polar surface area (TPSA) is 0 Å². The Morgan fingerprint density at radius 2 is 0.882 bits per heavy atom. The van der Waals surface area contributed by atoms with Gasteiger partial charge in [0.15, 0.2) is 0 Å². The van der Waals surface area contributed by atoms with Crippen LogP contribution in [0.2, 0.25) is 0 Å². The van der Waals surface area contributed by atoms with E-state index in [-0.39, 0.29) is 10.8 Å². The van der Waals surface area contributed by atoms with Gasteiger partial charge in [0.2, 0.25) is 0 Å². The van der Waals surface area contributed by atoms with Crippen LogP contribution in [0.5, 0.6) is 0 Å². The highest BCUT2D eigenvalue weighted by atomic mass is 32.1. The summed E-state index contributed by atoms with van der Waals surface area (Å²) in [6, 6.07) is 55.2. The van der Waals surface area contributed by atoms with E-state index in [0.717, 1.165) is 0 Å². The maximum absolute atomic E-state index is 2.56. The quantitative estimate of drug-likeness (QED) is 0.161. The van der Waals surface area contributed by atoms with E-state index in [1.807, 2.05) is 11.3 Å². The molecule has 2 aliphatic rings. The molecule has 242 valence electrons. The zero-order valence-electron chi connectivity index (χ0n) is 29.3. The Balaban J connectivity index is 1.33. The average molecular weight is 669 g/mol. The summed E-state index contributed by atoms with van der Waals surface area (Å²) in [6.45, 7) is 9.73. The van der Waals surface area contributed by atoms with E-state index >= 15 is 0 Å². The summed E-state index contributed by atoms with van der Waals surface area (Å²) in [6.07, 6.45) is 0. The van der Waals surface area contributed by atoms with Crippen molar-refractivity contribution in [1.82, 2.24) is 0 Å². The van der Waals surface area contributed by atoms with Crippen molar-refractivity contribution >= 4 is 53.1 Å². The Kier molecular flexibility index (Phi) is 5.77. The maximum atomic E-state index is 2.56. The van der Waals surface area contributed by atoms with Gasteiger partial charge in [-0.15, -0.1) is 11.3 Å². The minimum atomic E-state index is -0.177. The standard InChI is InChI=1S/C50H36S/c1-49(2)40-23-13-10-21-36(40)46-41(49)28-38-30-15-9-12-22-39(30)50(3,4)48(38)47(46)45-34-19-7-5-17-32(34)44(33-18-6-8-20-35(33)45)29-25-26-43-37(27-29)31-16-11-14-24-42(31)51-43/h5-28H,1-4H3. The van der Waals surface area contributed by atoms with Crippen molar-refractivity contribution in [1.29, 1.82) is 0 Å². The van der Waals surface area contributed by atoms with Gasteiger partial charge in [-0.2, -0.15) is 0 Å². The van der Waals surface area contributed by atoms with Gasteiger partial charge >= 0.3 is 0 Å². The first-order valence-corrected chi connectivity index (χ1v) is 18.9. The molecule has 0 radical (unpaired) electrons. The lowest BCUT2D eigenvalue weighted by atomic mass is 9.73. The van der Waals surface area contributed by atoms with E-state index in [9.17, 15) is 0 Å². The Bertz CT molecular complexity index is 2910. The van der Waals surface area contributed by atoms with Gasteiger partial charge in [-0.25, -0.2) is 0 Å². The molecule has 1 heterocycles. The van der Waals surface area contributed by atoms with Crippen molar-refractivity contribution in [2.45, 2.75) is 38.5 Å². The van der Waals surface area contributed by atoms with E-state index < -0.39 is 0 Å². The molecule has 0 bridgehead atoms. The third kappa shape index (κ3) is 3.75. The smallest absolute Gasteiger partial charge is 0.0355 e. The molecule has 0 atom stereocenters. The second-order valence-electron chi connectivity index (χ2n) is 15.6. The van der Waals surface area contributed by atoms with E-state index in [2.05, 4.69) is 173 Å². The Morgan fingerprint density at radius 1 is 0.353 bits per heavy atom. The normalized spacial score (nSPS) is 15.0. The highest BCUT2D eigenvalue weighted by Crippen LogP contribution is 2.62. The molecule has 1 heteroatoms. The number of hydrogen-bond donors (Lipinski definition) is 0. The number of rotatable bonds is 2. The lowest BCUT2D eigenvalue weighted by Gasteiger charge is -2.29. The van der Waals surface area contributed by atoms with E-state index in [1.165, 1.54) is 108 Å². The predicted octanol–water partition coefficient (Wildman–Crippen LogP) is 14.3. The number of thiophene rings is 1. The van der Waals surface area contributed by atoms with Crippen LogP contribution in [0, 0.1) is 0 Å². The second-order valence-corrected chi connectivity index (χ2v) is 16.7. The van der Waals surface area contributed by atoms with Gasteiger partial charge in [0.25, 0.3) is 0 Å². The van der Waals surface area contributed by atoms with Crippen molar-refractivity contribution in [2.75, 3.05) is 0 Å². The van der Waals surface area contributed by atoms with Gasteiger partial charge in [-0.05, 0) is 113 Å². The van der Waals surface area contributed by atoms with Crippen LogP contribution in [0.3, 0.4) is 0 Å². The molecule has 11 rings (SSSR count). The zero-order chi connectivity index (χ0) is 34.2. The summed E-state index contributed by atoms with van der Waals surface area (Å²) in [5.41, 5.74) is 16.3. The molecule has 0 aliphatic heterocycles. The lowest BCUT2D eigenvalue weighted by molar-refractivity contribution is 0.653.